The Kier molecular flexibility index (Phi) is 5.67. The molecule has 0 bridgehead atoms. The number of nitro groups is 1. The minimum atomic E-state index is -0.504. The number of carbonyl (C=O) groups is 2. The van der Waals surface area contributed by atoms with Gasteiger partial charge in [0.2, 0.25) is 0 Å². The first-order chi connectivity index (χ1) is 15.3. The smallest absolute Gasteiger partial charge is 0.282 e. The van der Waals surface area contributed by atoms with E-state index in [0.29, 0.717) is 30.1 Å². The number of nitro benzene ring substituents is 1. The van der Waals surface area contributed by atoms with Crippen LogP contribution >= 0.6 is 0 Å². The van der Waals surface area contributed by atoms with Crippen molar-refractivity contribution in [1.82, 2.24) is 4.90 Å². The fourth-order valence-electron chi connectivity index (χ4n) is 4.15. The summed E-state index contributed by atoms with van der Waals surface area (Å²) in [5.74, 6) is -0.307. The second kappa shape index (κ2) is 8.43. The molecule has 9 heteroatoms. The lowest BCUT2D eigenvalue weighted by Gasteiger charge is -2.37. The van der Waals surface area contributed by atoms with Crippen LogP contribution in [-0.4, -0.2) is 54.0 Å². The third-order valence-corrected chi connectivity index (χ3v) is 5.49. The maximum absolute atomic E-state index is 13.6. The van der Waals surface area contributed by atoms with Gasteiger partial charge >= 0.3 is 0 Å². The molecule has 166 valence electrons. The SMILES string of the molecule is COc1ccc(N2C(=O)C(c3ccc([N+](=O)[O-])cc3)=C(N3CC(C)OC(C)C3)C2=O)cc1. The minimum Gasteiger partial charge on any atom is -0.497 e. The number of nitrogens with zero attached hydrogens (tertiary/aromatic N) is 3. The van der Waals surface area contributed by atoms with Crippen LogP contribution in [0.1, 0.15) is 19.4 Å². The number of morpholine rings is 1. The lowest BCUT2D eigenvalue weighted by molar-refractivity contribution is -0.384. The van der Waals surface area contributed by atoms with Crippen molar-refractivity contribution in [3.8, 4) is 5.75 Å². The summed E-state index contributed by atoms with van der Waals surface area (Å²) in [4.78, 5) is 40.7. The fourth-order valence-corrected chi connectivity index (χ4v) is 4.15. The number of rotatable bonds is 5. The first-order valence-corrected chi connectivity index (χ1v) is 10.2. The number of amides is 2. The molecule has 0 spiro atoms. The number of hydrogen-bond donors (Lipinski definition) is 0. The van der Waals surface area contributed by atoms with Gasteiger partial charge in [0, 0.05) is 25.2 Å². The van der Waals surface area contributed by atoms with Gasteiger partial charge in [0.05, 0.1) is 35.5 Å². The first-order valence-electron chi connectivity index (χ1n) is 10.2. The summed E-state index contributed by atoms with van der Waals surface area (Å²) in [6.45, 7) is 4.73. The molecule has 0 saturated carbocycles. The number of non-ortho nitro benzene ring substituents is 1. The van der Waals surface area contributed by atoms with Crippen LogP contribution in [0.15, 0.2) is 54.2 Å². The zero-order valence-electron chi connectivity index (χ0n) is 18.0. The van der Waals surface area contributed by atoms with Crippen molar-refractivity contribution in [1.29, 1.82) is 0 Å². The molecule has 1 saturated heterocycles. The van der Waals surface area contributed by atoms with E-state index in [2.05, 4.69) is 0 Å². The number of benzene rings is 2. The molecule has 2 unspecified atom stereocenters. The Morgan fingerprint density at radius 2 is 1.56 bits per heavy atom. The molecule has 2 aromatic carbocycles. The maximum Gasteiger partial charge on any atom is 0.282 e. The quantitative estimate of drug-likeness (QED) is 0.402. The van der Waals surface area contributed by atoms with Crippen molar-refractivity contribution in [3.63, 3.8) is 0 Å². The molecular formula is C23H23N3O6. The summed E-state index contributed by atoms with van der Waals surface area (Å²) in [7, 11) is 1.54. The monoisotopic (exact) mass is 437 g/mol. The summed E-state index contributed by atoms with van der Waals surface area (Å²) in [5, 5.41) is 11.1. The Balaban J connectivity index is 1.80. The Morgan fingerprint density at radius 3 is 2.09 bits per heavy atom. The molecular weight excluding hydrogens is 414 g/mol. The van der Waals surface area contributed by atoms with Crippen LogP contribution < -0.4 is 9.64 Å². The van der Waals surface area contributed by atoms with Crippen molar-refractivity contribution in [2.24, 2.45) is 0 Å². The summed E-state index contributed by atoms with van der Waals surface area (Å²) in [6, 6.07) is 12.3. The second-order valence-electron chi connectivity index (χ2n) is 7.83. The van der Waals surface area contributed by atoms with E-state index in [1.54, 1.807) is 24.3 Å². The Hall–Kier alpha value is -3.72. The van der Waals surface area contributed by atoms with Crippen LogP contribution in [0.3, 0.4) is 0 Å². The zero-order chi connectivity index (χ0) is 23.0. The van der Waals surface area contributed by atoms with Crippen LogP contribution in [0.25, 0.3) is 5.57 Å². The third-order valence-electron chi connectivity index (χ3n) is 5.49. The Bertz CT molecular complexity index is 1080. The van der Waals surface area contributed by atoms with E-state index in [1.807, 2.05) is 18.7 Å². The van der Waals surface area contributed by atoms with E-state index in [-0.39, 0.29) is 29.2 Å². The van der Waals surface area contributed by atoms with Gasteiger partial charge in [0.1, 0.15) is 11.4 Å². The number of ether oxygens (including phenoxy) is 2. The largest absolute Gasteiger partial charge is 0.497 e. The van der Waals surface area contributed by atoms with Gasteiger partial charge in [-0.2, -0.15) is 0 Å². The normalized spacial score (nSPS) is 21.3. The summed E-state index contributed by atoms with van der Waals surface area (Å²) < 4.78 is 11.0. The molecule has 0 aromatic heterocycles. The number of hydrogen-bond acceptors (Lipinski definition) is 7. The standard InChI is InChI=1S/C23H23N3O6/c1-14-12-24(13-15(2)32-14)21-20(16-4-6-18(7-5-16)26(29)30)22(27)25(23(21)28)17-8-10-19(31-3)11-9-17/h4-11,14-15H,12-13H2,1-3H3. The molecule has 2 aliphatic rings. The first kappa shape index (κ1) is 21.5. The van der Waals surface area contributed by atoms with E-state index in [1.165, 1.54) is 31.4 Å². The average Bonchev–Trinajstić information content (AvgIpc) is 3.03. The van der Waals surface area contributed by atoms with Gasteiger partial charge in [-0.3, -0.25) is 19.7 Å². The van der Waals surface area contributed by atoms with E-state index in [4.69, 9.17) is 9.47 Å². The van der Waals surface area contributed by atoms with Gasteiger partial charge in [0.15, 0.2) is 0 Å². The highest BCUT2D eigenvalue weighted by molar-refractivity contribution is 6.45. The van der Waals surface area contributed by atoms with Gasteiger partial charge in [-0.15, -0.1) is 0 Å². The second-order valence-corrected chi connectivity index (χ2v) is 7.83. The summed E-state index contributed by atoms with van der Waals surface area (Å²) in [5.41, 5.74) is 1.29. The molecule has 2 atom stereocenters. The average molecular weight is 437 g/mol. The van der Waals surface area contributed by atoms with E-state index >= 15 is 0 Å². The third kappa shape index (κ3) is 3.82. The van der Waals surface area contributed by atoms with Gasteiger partial charge < -0.3 is 14.4 Å². The van der Waals surface area contributed by atoms with Gasteiger partial charge in [0.25, 0.3) is 17.5 Å². The maximum atomic E-state index is 13.6. The van der Waals surface area contributed by atoms with E-state index in [0.717, 1.165) is 4.90 Å². The minimum absolute atomic E-state index is 0.0895. The molecule has 0 N–H and O–H groups in total. The van der Waals surface area contributed by atoms with Crippen LogP contribution in [-0.2, 0) is 14.3 Å². The Labute approximate surface area is 185 Å². The highest BCUT2D eigenvalue weighted by atomic mass is 16.6. The van der Waals surface area contributed by atoms with E-state index in [9.17, 15) is 19.7 Å². The van der Waals surface area contributed by atoms with Gasteiger partial charge in [-0.25, -0.2) is 4.90 Å². The lowest BCUT2D eigenvalue weighted by atomic mass is 10.0. The topological polar surface area (TPSA) is 102 Å². The fraction of sp³-hybridized carbons (Fsp3) is 0.304. The molecule has 2 heterocycles. The Morgan fingerprint density at radius 1 is 0.969 bits per heavy atom. The molecule has 0 radical (unpaired) electrons. The number of imide groups is 1. The number of carbonyl (C=O) groups excluding carboxylic acids is 2. The van der Waals surface area contributed by atoms with Crippen LogP contribution in [0.2, 0.25) is 0 Å². The highest BCUT2D eigenvalue weighted by Gasteiger charge is 2.44. The number of anilines is 1. The molecule has 0 aliphatic carbocycles. The molecule has 4 rings (SSSR count). The van der Waals surface area contributed by atoms with Crippen molar-refractivity contribution < 1.29 is 24.0 Å². The van der Waals surface area contributed by atoms with Crippen molar-refractivity contribution >= 4 is 28.8 Å². The lowest BCUT2D eigenvalue weighted by Crippen LogP contribution is -2.47. The predicted molar refractivity (Wildman–Crippen MR) is 117 cm³/mol. The predicted octanol–water partition coefficient (Wildman–Crippen LogP) is 3.00. The van der Waals surface area contributed by atoms with Gasteiger partial charge in [-0.05, 0) is 55.8 Å². The van der Waals surface area contributed by atoms with Crippen molar-refractivity contribution in [2.75, 3.05) is 25.1 Å². The van der Waals surface area contributed by atoms with Crippen LogP contribution in [0, 0.1) is 10.1 Å². The van der Waals surface area contributed by atoms with Crippen molar-refractivity contribution in [2.45, 2.75) is 26.1 Å². The van der Waals surface area contributed by atoms with Crippen LogP contribution in [0.4, 0.5) is 11.4 Å². The molecule has 2 aromatic rings. The number of methoxy groups -OCH3 is 1. The van der Waals surface area contributed by atoms with Crippen molar-refractivity contribution in [3.05, 3.63) is 69.9 Å². The molecule has 2 amide bonds. The van der Waals surface area contributed by atoms with Crippen LogP contribution in [0.5, 0.6) is 5.75 Å². The summed E-state index contributed by atoms with van der Waals surface area (Å²) >= 11 is 0. The summed E-state index contributed by atoms with van der Waals surface area (Å²) in [6.07, 6.45) is -0.246. The molecule has 2 aliphatic heterocycles. The highest BCUT2D eigenvalue weighted by Crippen LogP contribution is 2.36. The zero-order valence-corrected chi connectivity index (χ0v) is 18.0. The van der Waals surface area contributed by atoms with E-state index < -0.39 is 16.7 Å². The van der Waals surface area contributed by atoms with Gasteiger partial charge in [-0.1, -0.05) is 0 Å². The molecule has 32 heavy (non-hydrogen) atoms. The molecule has 9 nitrogen and oxygen atoms in total. The molecule has 1 fully saturated rings.